The van der Waals surface area contributed by atoms with Crippen LogP contribution in [0.4, 0.5) is 5.69 Å². The lowest BCUT2D eigenvalue weighted by Crippen LogP contribution is -2.31. The summed E-state index contributed by atoms with van der Waals surface area (Å²) in [6.07, 6.45) is 2.24. The van der Waals surface area contributed by atoms with Crippen LogP contribution >= 0.6 is 0 Å². The summed E-state index contributed by atoms with van der Waals surface area (Å²) in [5.74, 6) is -0.879. The molecule has 1 aromatic rings. The predicted molar refractivity (Wildman–Crippen MR) is 90.0 cm³/mol. The largest absolute Gasteiger partial charge is 0.466 e. The predicted octanol–water partition coefficient (Wildman–Crippen LogP) is 0.879. The minimum absolute atomic E-state index is 0.0816. The lowest BCUT2D eigenvalue weighted by molar-refractivity contribution is -0.136. The molecule has 0 saturated carbocycles. The molecule has 3 rings (SSSR count). The molecular weight excluding hydrogens is 324 g/mol. The molecule has 25 heavy (non-hydrogen) atoms. The number of nitrogens with one attached hydrogen (secondary N) is 1. The van der Waals surface area contributed by atoms with E-state index in [1.807, 2.05) is 6.07 Å². The zero-order chi connectivity index (χ0) is 18.0. The van der Waals surface area contributed by atoms with E-state index < -0.39 is 5.97 Å². The number of methoxy groups -OCH3 is 1. The average Bonchev–Trinajstić information content (AvgIpc) is 2.92. The van der Waals surface area contributed by atoms with E-state index in [0.717, 1.165) is 18.4 Å². The van der Waals surface area contributed by atoms with Crippen molar-refractivity contribution in [3.05, 3.63) is 40.6 Å². The van der Waals surface area contributed by atoms with Crippen LogP contribution in [0.2, 0.25) is 0 Å². The third-order valence-corrected chi connectivity index (χ3v) is 4.48. The van der Waals surface area contributed by atoms with Gasteiger partial charge >= 0.3 is 5.97 Å². The Bertz CT molecular complexity index is 769. The molecule has 2 aliphatic rings. The van der Waals surface area contributed by atoms with Gasteiger partial charge in [-0.15, -0.1) is 0 Å². The summed E-state index contributed by atoms with van der Waals surface area (Å²) in [5, 5.41) is 12.0. The third kappa shape index (κ3) is 3.28. The number of esters is 1. The maximum atomic E-state index is 12.5. The first-order chi connectivity index (χ1) is 12.0. The number of carbonyl (C=O) groups is 3. The van der Waals surface area contributed by atoms with E-state index in [2.05, 4.69) is 5.32 Å². The summed E-state index contributed by atoms with van der Waals surface area (Å²) >= 11 is 0. The number of nitrogens with zero attached hydrogens (tertiary/aromatic N) is 1. The van der Waals surface area contributed by atoms with Crippen LogP contribution in [0.25, 0.3) is 0 Å². The fraction of sp³-hybridized carbons (Fsp3) is 0.389. The van der Waals surface area contributed by atoms with Gasteiger partial charge in [0.25, 0.3) is 5.91 Å². The van der Waals surface area contributed by atoms with E-state index in [-0.39, 0.29) is 42.7 Å². The second-order valence-corrected chi connectivity index (χ2v) is 6.07. The van der Waals surface area contributed by atoms with Gasteiger partial charge in [0.05, 0.1) is 25.8 Å². The molecule has 7 nitrogen and oxygen atoms in total. The highest BCUT2D eigenvalue weighted by molar-refractivity contribution is 6.08. The normalized spacial score (nSPS) is 17.0. The number of benzene rings is 1. The average molecular weight is 344 g/mol. The maximum absolute atomic E-state index is 12.5. The number of carbonyl (C=O) groups excluding carboxylic acids is 3. The molecular formula is C18H20N2O5. The zero-order valence-electron chi connectivity index (χ0n) is 14.0. The Hall–Kier alpha value is -2.67. The highest BCUT2D eigenvalue weighted by Gasteiger charge is 2.34. The molecule has 2 N–H and O–H groups in total. The lowest BCUT2D eigenvalue weighted by Gasteiger charge is -2.17. The van der Waals surface area contributed by atoms with Gasteiger partial charge in [-0.1, -0.05) is 6.07 Å². The SMILES string of the molecule is COC(=O)C1=C(Nc2ccc3c(c2)C(=O)CCC3)C(=O)N(CCO)C1. The minimum Gasteiger partial charge on any atom is -0.466 e. The Morgan fingerprint density at radius 2 is 2.12 bits per heavy atom. The molecule has 1 aliphatic carbocycles. The van der Waals surface area contributed by atoms with E-state index in [1.54, 1.807) is 12.1 Å². The molecule has 0 aromatic heterocycles. The molecule has 1 amide bonds. The lowest BCUT2D eigenvalue weighted by atomic mass is 9.90. The molecule has 132 valence electrons. The van der Waals surface area contributed by atoms with Crippen molar-refractivity contribution in [2.24, 2.45) is 0 Å². The Morgan fingerprint density at radius 1 is 1.32 bits per heavy atom. The van der Waals surface area contributed by atoms with Crippen LogP contribution in [0, 0.1) is 0 Å². The Kier molecular flexibility index (Phi) is 4.85. The van der Waals surface area contributed by atoms with E-state index in [9.17, 15) is 14.4 Å². The van der Waals surface area contributed by atoms with Crippen LogP contribution in [-0.2, 0) is 20.7 Å². The van der Waals surface area contributed by atoms with Gasteiger partial charge < -0.3 is 20.1 Å². The number of fused-ring (bicyclic) bond motifs is 1. The number of amides is 1. The number of Topliss-reactive ketones (excluding diaryl/α,β-unsaturated/α-hetero) is 1. The number of rotatable bonds is 5. The number of ketones is 1. The van der Waals surface area contributed by atoms with Crippen molar-refractivity contribution in [3.8, 4) is 0 Å². The van der Waals surface area contributed by atoms with Crippen molar-refractivity contribution < 1.29 is 24.2 Å². The molecule has 1 heterocycles. The van der Waals surface area contributed by atoms with Crippen molar-refractivity contribution >= 4 is 23.3 Å². The number of ether oxygens (including phenoxy) is 1. The van der Waals surface area contributed by atoms with Crippen molar-refractivity contribution in [2.75, 3.05) is 32.1 Å². The van der Waals surface area contributed by atoms with Gasteiger partial charge in [-0.3, -0.25) is 9.59 Å². The molecule has 0 fully saturated rings. The number of anilines is 1. The number of β-amino-alcohol motifs (C(OH)–C–C–N with tert-alkyl or cyclic N) is 1. The van der Waals surface area contributed by atoms with E-state index in [1.165, 1.54) is 12.0 Å². The number of aliphatic hydroxyl groups excluding tert-OH is 1. The molecule has 1 aromatic carbocycles. The van der Waals surface area contributed by atoms with Crippen molar-refractivity contribution in [1.29, 1.82) is 0 Å². The number of hydrogen-bond acceptors (Lipinski definition) is 6. The molecule has 0 bridgehead atoms. The van der Waals surface area contributed by atoms with Gasteiger partial charge in [0.2, 0.25) is 0 Å². The van der Waals surface area contributed by atoms with Crippen LogP contribution in [0.15, 0.2) is 29.5 Å². The molecule has 0 spiro atoms. The monoisotopic (exact) mass is 344 g/mol. The molecule has 1 aliphatic heterocycles. The van der Waals surface area contributed by atoms with Crippen molar-refractivity contribution in [1.82, 2.24) is 4.90 Å². The second-order valence-electron chi connectivity index (χ2n) is 6.07. The smallest absolute Gasteiger partial charge is 0.337 e. The van der Waals surface area contributed by atoms with Gasteiger partial charge in [0, 0.05) is 24.2 Å². The second kappa shape index (κ2) is 7.06. The van der Waals surface area contributed by atoms with Gasteiger partial charge in [-0.05, 0) is 30.5 Å². The standard InChI is InChI=1S/C18H20N2O5/c1-25-18(24)14-10-20(7-8-21)17(23)16(14)19-12-6-5-11-3-2-4-15(22)13(11)9-12/h5-6,9,19,21H,2-4,7-8,10H2,1H3. The summed E-state index contributed by atoms with van der Waals surface area (Å²) in [5.41, 5.74) is 2.58. The van der Waals surface area contributed by atoms with Crippen molar-refractivity contribution in [2.45, 2.75) is 19.3 Å². The molecule has 7 heteroatoms. The Balaban J connectivity index is 1.91. The fourth-order valence-electron chi connectivity index (χ4n) is 3.20. The number of aryl methyl sites for hydroxylation is 1. The topological polar surface area (TPSA) is 95.9 Å². The molecule has 0 radical (unpaired) electrons. The fourth-order valence-corrected chi connectivity index (χ4v) is 3.20. The van der Waals surface area contributed by atoms with Gasteiger partial charge in [-0.2, -0.15) is 0 Å². The maximum Gasteiger partial charge on any atom is 0.337 e. The zero-order valence-corrected chi connectivity index (χ0v) is 14.0. The summed E-state index contributed by atoms with van der Waals surface area (Å²) in [4.78, 5) is 37.9. The first-order valence-electron chi connectivity index (χ1n) is 8.20. The van der Waals surface area contributed by atoms with E-state index in [4.69, 9.17) is 9.84 Å². The summed E-state index contributed by atoms with van der Waals surface area (Å²) < 4.78 is 4.75. The minimum atomic E-state index is -0.592. The Labute approximate surface area is 145 Å². The highest BCUT2D eigenvalue weighted by Crippen LogP contribution is 2.27. The first-order valence-corrected chi connectivity index (χ1v) is 8.20. The Morgan fingerprint density at radius 3 is 2.84 bits per heavy atom. The first kappa shape index (κ1) is 17.2. The number of hydrogen-bond donors (Lipinski definition) is 2. The number of aliphatic hydroxyl groups is 1. The van der Waals surface area contributed by atoms with Gasteiger partial charge in [-0.25, -0.2) is 4.79 Å². The van der Waals surface area contributed by atoms with Crippen LogP contribution < -0.4 is 5.32 Å². The van der Waals surface area contributed by atoms with Crippen LogP contribution in [0.5, 0.6) is 0 Å². The third-order valence-electron chi connectivity index (χ3n) is 4.48. The molecule has 0 saturated heterocycles. The quantitative estimate of drug-likeness (QED) is 0.770. The summed E-state index contributed by atoms with van der Waals surface area (Å²) in [6, 6.07) is 5.39. The van der Waals surface area contributed by atoms with Crippen LogP contribution in [0.1, 0.15) is 28.8 Å². The molecule has 0 unspecified atom stereocenters. The highest BCUT2D eigenvalue weighted by atomic mass is 16.5. The van der Waals surface area contributed by atoms with Gasteiger partial charge in [0.1, 0.15) is 5.70 Å². The van der Waals surface area contributed by atoms with E-state index in [0.29, 0.717) is 17.7 Å². The molecule has 0 atom stereocenters. The van der Waals surface area contributed by atoms with Crippen LogP contribution in [0.3, 0.4) is 0 Å². The van der Waals surface area contributed by atoms with Crippen molar-refractivity contribution in [3.63, 3.8) is 0 Å². The summed E-state index contributed by atoms with van der Waals surface area (Å²) in [6.45, 7) is 0.0201. The van der Waals surface area contributed by atoms with Crippen LogP contribution in [-0.4, -0.2) is 54.5 Å². The van der Waals surface area contributed by atoms with Gasteiger partial charge in [0.15, 0.2) is 5.78 Å². The summed E-state index contributed by atoms with van der Waals surface area (Å²) in [7, 11) is 1.25. The van der Waals surface area contributed by atoms with E-state index >= 15 is 0 Å².